The third-order valence-corrected chi connectivity index (χ3v) is 3.33. The van der Waals surface area contributed by atoms with Crippen molar-refractivity contribution < 1.29 is 4.79 Å². The van der Waals surface area contributed by atoms with E-state index in [-0.39, 0.29) is 5.91 Å². The Morgan fingerprint density at radius 3 is 2.65 bits per heavy atom. The van der Waals surface area contributed by atoms with Crippen LogP contribution in [0.5, 0.6) is 0 Å². The minimum absolute atomic E-state index is 0.0630. The van der Waals surface area contributed by atoms with E-state index in [0.717, 1.165) is 22.4 Å². The molecule has 1 heterocycles. The molecule has 1 aromatic heterocycles. The molecule has 1 aromatic carbocycles. The van der Waals surface area contributed by atoms with Crippen molar-refractivity contribution in [3.05, 3.63) is 58.9 Å². The second-order valence-corrected chi connectivity index (χ2v) is 4.76. The Labute approximate surface area is 119 Å². The van der Waals surface area contributed by atoms with E-state index in [1.807, 2.05) is 45.2 Å². The Morgan fingerprint density at radius 2 is 2.00 bits per heavy atom. The molecule has 0 radical (unpaired) electrons. The number of benzene rings is 1. The van der Waals surface area contributed by atoms with Gasteiger partial charge in [-0.3, -0.25) is 9.78 Å². The van der Waals surface area contributed by atoms with E-state index in [2.05, 4.69) is 15.6 Å². The van der Waals surface area contributed by atoms with Crippen molar-refractivity contribution in [1.29, 1.82) is 0 Å². The van der Waals surface area contributed by atoms with E-state index in [0.29, 0.717) is 12.1 Å². The molecule has 0 unspecified atom stereocenters. The van der Waals surface area contributed by atoms with Crippen LogP contribution in [-0.4, -0.2) is 17.9 Å². The van der Waals surface area contributed by atoms with E-state index < -0.39 is 0 Å². The molecule has 0 saturated carbocycles. The van der Waals surface area contributed by atoms with Gasteiger partial charge in [-0.1, -0.05) is 0 Å². The number of carbonyl (C=O) groups excluding carboxylic acids is 1. The molecule has 0 fully saturated rings. The molecule has 4 heteroatoms. The Morgan fingerprint density at radius 1 is 1.20 bits per heavy atom. The number of pyridine rings is 1. The average molecular weight is 269 g/mol. The summed E-state index contributed by atoms with van der Waals surface area (Å²) in [7, 11) is 1.87. The third-order valence-electron chi connectivity index (χ3n) is 3.33. The fourth-order valence-electron chi connectivity index (χ4n) is 2.06. The molecule has 0 aliphatic rings. The van der Waals surface area contributed by atoms with Crippen LogP contribution in [0.2, 0.25) is 0 Å². The largest absolute Gasteiger partial charge is 0.388 e. The van der Waals surface area contributed by atoms with Crippen molar-refractivity contribution in [3.8, 4) is 0 Å². The lowest BCUT2D eigenvalue weighted by molar-refractivity contribution is 0.0951. The second kappa shape index (κ2) is 6.19. The lowest BCUT2D eigenvalue weighted by Gasteiger charge is -2.10. The van der Waals surface area contributed by atoms with Gasteiger partial charge in [-0.25, -0.2) is 0 Å². The van der Waals surface area contributed by atoms with E-state index in [1.54, 1.807) is 12.4 Å². The maximum absolute atomic E-state index is 12.1. The molecule has 2 rings (SSSR count). The van der Waals surface area contributed by atoms with Gasteiger partial charge in [0.05, 0.1) is 0 Å². The fourth-order valence-corrected chi connectivity index (χ4v) is 2.06. The molecule has 0 aliphatic heterocycles. The summed E-state index contributed by atoms with van der Waals surface area (Å²) in [6.07, 6.45) is 3.54. The van der Waals surface area contributed by atoms with Crippen LogP contribution in [0.15, 0.2) is 36.7 Å². The Kier molecular flexibility index (Phi) is 4.35. The van der Waals surface area contributed by atoms with E-state index in [1.165, 1.54) is 0 Å². The number of rotatable bonds is 4. The first-order valence-corrected chi connectivity index (χ1v) is 6.58. The quantitative estimate of drug-likeness (QED) is 0.897. The summed E-state index contributed by atoms with van der Waals surface area (Å²) in [6, 6.07) is 7.56. The predicted octanol–water partition coefficient (Wildman–Crippen LogP) is 2.67. The summed E-state index contributed by atoms with van der Waals surface area (Å²) in [5.41, 5.74) is 4.92. The zero-order valence-corrected chi connectivity index (χ0v) is 12.0. The standard InChI is InChI=1S/C16H19N3O/c1-11-8-13(4-5-15(11)17-3)16(20)19-10-14-6-7-18-9-12(14)2/h4-9,17H,10H2,1-3H3,(H,19,20). The van der Waals surface area contributed by atoms with E-state index in [4.69, 9.17) is 0 Å². The number of amides is 1. The first kappa shape index (κ1) is 14.1. The lowest BCUT2D eigenvalue weighted by atomic mass is 10.1. The van der Waals surface area contributed by atoms with Crippen molar-refractivity contribution in [2.24, 2.45) is 0 Å². The molecule has 0 saturated heterocycles. The van der Waals surface area contributed by atoms with Crippen LogP contribution in [0.4, 0.5) is 5.69 Å². The second-order valence-electron chi connectivity index (χ2n) is 4.76. The van der Waals surface area contributed by atoms with Crippen molar-refractivity contribution in [1.82, 2.24) is 10.3 Å². The topological polar surface area (TPSA) is 54.0 Å². The van der Waals surface area contributed by atoms with E-state index >= 15 is 0 Å². The molecule has 0 spiro atoms. The van der Waals surface area contributed by atoms with Crippen molar-refractivity contribution in [2.45, 2.75) is 20.4 Å². The zero-order valence-electron chi connectivity index (χ0n) is 12.0. The highest BCUT2D eigenvalue weighted by molar-refractivity contribution is 5.94. The predicted molar refractivity (Wildman–Crippen MR) is 80.9 cm³/mol. The van der Waals surface area contributed by atoms with Gasteiger partial charge in [0.1, 0.15) is 0 Å². The fraction of sp³-hybridized carbons (Fsp3) is 0.250. The molecular formula is C16H19N3O. The maximum atomic E-state index is 12.1. The van der Waals surface area contributed by atoms with Crippen LogP contribution >= 0.6 is 0 Å². The summed E-state index contributed by atoms with van der Waals surface area (Å²) in [4.78, 5) is 16.2. The first-order valence-electron chi connectivity index (χ1n) is 6.58. The zero-order chi connectivity index (χ0) is 14.5. The maximum Gasteiger partial charge on any atom is 0.251 e. The highest BCUT2D eigenvalue weighted by Gasteiger charge is 2.07. The van der Waals surface area contributed by atoms with Gasteiger partial charge in [0.15, 0.2) is 0 Å². The number of nitrogens with one attached hydrogen (secondary N) is 2. The van der Waals surface area contributed by atoms with Crippen LogP contribution in [-0.2, 0) is 6.54 Å². The molecule has 1 amide bonds. The SMILES string of the molecule is CNc1ccc(C(=O)NCc2ccncc2C)cc1C. The van der Waals surface area contributed by atoms with Gasteiger partial charge in [-0.15, -0.1) is 0 Å². The number of aryl methyl sites for hydroxylation is 2. The number of hydrogen-bond donors (Lipinski definition) is 2. The van der Waals surface area contributed by atoms with Crippen LogP contribution in [0.1, 0.15) is 27.0 Å². The Bertz CT molecular complexity index is 623. The number of hydrogen-bond acceptors (Lipinski definition) is 3. The number of anilines is 1. The van der Waals surface area contributed by atoms with Crippen molar-refractivity contribution in [2.75, 3.05) is 12.4 Å². The molecule has 20 heavy (non-hydrogen) atoms. The molecule has 4 nitrogen and oxygen atoms in total. The van der Waals surface area contributed by atoms with Gasteiger partial charge in [0.2, 0.25) is 0 Å². The van der Waals surface area contributed by atoms with Crippen LogP contribution in [0, 0.1) is 13.8 Å². The summed E-state index contributed by atoms with van der Waals surface area (Å²) in [6.45, 7) is 4.48. The van der Waals surface area contributed by atoms with Gasteiger partial charge in [-0.2, -0.15) is 0 Å². The lowest BCUT2D eigenvalue weighted by Crippen LogP contribution is -2.23. The van der Waals surface area contributed by atoms with Gasteiger partial charge in [-0.05, 0) is 54.8 Å². The van der Waals surface area contributed by atoms with E-state index in [9.17, 15) is 4.79 Å². The minimum Gasteiger partial charge on any atom is -0.388 e. The van der Waals surface area contributed by atoms with Crippen LogP contribution in [0.25, 0.3) is 0 Å². The molecule has 0 atom stereocenters. The summed E-state index contributed by atoms with van der Waals surface area (Å²) >= 11 is 0. The van der Waals surface area contributed by atoms with Crippen molar-refractivity contribution >= 4 is 11.6 Å². The molecule has 104 valence electrons. The number of nitrogens with zero attached hydrogens (tertiary/aromatic N) is 1. The summed E-state index contributed by atoms with van der Waals surface area (Å²) in [5, 5.41) is 6.02. The normalized spacial score (nSPS) is 10.2. The Hall–Kier alpha value is -2.36. The monoisotopic (exact) mass is 269 g/mol. The van der Waals surface area contributed by atoms with Gasteiger partial charge in [0, 0.05) is 37.2 Å². The number of aromatic nitrogens is 1. The highest BCUT2D eigenvalue weighted by atomic mass is 16.1. The highest BCUT2D eigenvalue weighted by Crippen LogP contribution is 2.15. The smallest absolute Gasteiger partial charge is 0.251 e. The third kappa shape index (κ3) is 3.15. The molecule has 0 aliphatic carbocycles. The first-order chi connectivity index (χ1) is 9.61. The van der Waals surface area contributed by atoms with Crippen LogP contribution in [0.3, 0.4) is 0 Å². The van der Waals surface area contributed by atoms with Crippen LogP contribution < -0.4 is 10.6 Å². The summed E-state index contributed by atoms with van der Waals surface area (Å²) in [5.74, 6) is -0.0630. The molecular weight excluding hydrogens is 250 g/mol. The average Bonchev–Trinajstić information content (AvgIpc) is 2.46. The van der Waals surface area contributed by atoms with Crippen molar-refractivity contribution in [3.63, 3.8) is 0 Å². The number of carbonyl (C=O) groups is 1. The Balaban J connectivity index is 2.05. The minimum atomic E-state index is -0.0630. The van der Waals surface area contributed by atoms with Gasteiger partial charge >= 0.3 is 0 Å². The van der Waals surface area contributed by atoms with Gasteiger partial charge < -0.3 is 10.6 Å². The molecule has 2 N–H and O–H groups in total. The molecule has 2 aromatic rings. The van der Waals surface area contributed by atoms with Gasteiger partial charge in [0.25, 0.3) is 5.91 Å². The molecule has 0 bridgehead atoms. The summed E-state index contributed by atoms with van der Waals surface area (Å²) < 4.78 is 0.